The molecule has 1 fully saturated rings. The number of aromatic nitrogens is 2. The summed E-state index contributed by atoms with van der Waals surface area (Å²) in [6.45, 7) is 0.726. The molecule has 1 saturated heterocycles. The van der Waals surface area contributed by atoms with Gasteiger partial charge in [-0.05, 0) is 31.4 Å². The summed E-state index contributed by atoms with van der Waals surface area (Å²) >= 11 is 3.28. The molecule has 0 spiro atoms. The van der Waals surface area contributed by atoms with Gasteiger partial charge in [-0.3, -0.25) is 0 Å². The van der Waals surface area contributed by atoms with E-state index in [-0.39, 0.29) is 12.0 Å². The molecule has 0 amide bonds. The molecule has 3 rings (SSSR count). The van der Waals surface area contributed by atoms with Crippen molar-refractivity contribution in [3.63, 3.8) is 0 Å². The van der Waals surface area contributed by atoms with Crippen molar-refractivity contribution in [1.29, 1.82) is 0 Å². The molecule has 17 heavy (non-hydrogen) atoms. The van der Waals surface area contributed by atoms with Gasteiger partial charge in [-0.25, -0.2) is 9.07 Å². The average Bonchev–Trinajstić information content (AvgIpc) is 2.74. The highest BCUT2D eigenvalue weighted by molar-refractivity contribution is 9.10. The van der Waals surface area contributed by atoms with Gasteiger partial charge < -0.3 is 4.74 Å². The molecule has 1 aromatic heterocycles. The molecule has 1 aromatic carbocycles. The molecule has 2 aromatic rings. The highest BCUT2D eigenvalue weighted by Crippen LogP contribution is 2.29. The fourth-order valence-electron chi connectivity index (χ4n) is 2.24. The van der Waals surface area contributed by atoms with Gasteiger partial charge >= 0.3 is 0 Å². The minimum atomic E-state index is -0.263. The Hall–Kier alpha value is -0.940. The Kier molecular flexibility index (Phi) is 2.88. The number of fused-ring (bicyclic) bond motifs is 1. The first-order valence-corrected chi connectivity index (χ1v) is 6.49. The Morgan fingerprint density at radius 1 is 1.41 bits per heavy atom. The van der Waals surface area contributed by atoms with Crippen molar-refractivity contribution in [1.82, 2.24) is 9.78 Å². The molecule has 90 valence electrons. The first kappa shape index (κ1) is 11.2. The van der Waals surface area contributed by atoms with Crippen LogP contribution in [0.1, 0.15) is 25.5 Å². The van der Waals surface area contributed by atoms with Crippen molar-refractivity contribution in [3.05, 3.63) is 28.6 Å². The third-order valence-corrected chi connectivity index (χ3v) is 3.49. The summed E-state index contributed by atoms with van der Waals surface area (Å²) in [5, 5.41) is 5.05. The van der Waals surface area contributed by atoms with Crippen molar-refractivity contribution in [2.45, 2.75) is 25.5 Å². The van der Waals surface area contributed by atoms with E-state index in [0.29, 0.717) is 5.52 Å². The molecule has 0 N–H and O–H groups in total. The van der Waals surface area contributed by atoms with E-state index in [4.69, 9.17) is 4.74 Å². The van der Waals surface area contributed by atoms with E-state index in [1.807, 2.05) is 6.07 Å². The number of ether oxygens (including phenoxy) is 1. The van der Waals surface area contributed by atoms with Gasteiger partial charge in [0.05, 0.1) is 6.20 Å². The zero-order valence-electron chi connectivity index (χ0n) is 9.20. The summed E-state index contributed by atoms with van der Waals surface area (Å²) in [4.78, 5) is 0. The molecule has 1 atom stereocenters. The van der Waals surface area contributed by atoms with Gasteiger partial charge in [-0.2, -0.15) is 5.10 Å². The molecule has 0 saturated carbocycles. The minimum absolute atomic E-state index is 0.128. The van der Waals surface area contributed by atoms with Gasteiger partial charge in [0, 0.05) is 16.5 Å². The Balaban J connectivity index is 2.10. The van der Waals surface area contributed by atoms with Crippen LogP contribution in [-0.2, 0) is 4.74 Å². The zero-order valence-corrected chi connectivity index (χ0v) is 10.8. The number of rotatable bonds is 1. The SMILES string of the molecule is Fc1cc(Br)cc2cnn([C@@H]3CCCCO3)c12. The molecule has 2 heterocycles. The van der Waals surface area contributed by atoms with E-state index in [9.17, 15) is 4.39 Å². The predicted octanol–water partition coefficient (Wildman–Crippen LogP) is 3.64. The second-order valence-corrected chi connectivity index (χ2v) is 5.15. The van der Waals surface area contributed by atoms with Crippen molar-refractivity contribution in [2.75, 3.05) is 6.61 Å². The van der Waals surface area contributed by atoms with E-state index in [1.54, 1.807) is 10.9 Å². The number of benzene rings is 1. The lowest BCUT2D eigenvalue weighted by molar-refractivity contribution is -0.0369. The molecule has 3 nitrogen and oxygen atoms in total. The Bertz CT molecular complexity index is 549. The summed E-state index contributed by atoms with van der Waals surface area (Å²) in [7, 11) is 0. The van der Waals surface area contributed by atoms with Crippen LogP contribution in [0.4, 0.5) is 4.39 Å². The Morgan fingerprint density at radius 3 is 3.06 bits per heavy atom. The maximum Gasteiger partial charge on any atom is 0.150 e. The lowest BCUT2D eigenvalue weighted by atomic mass is 10.2. The minimum Gasteiger partial charge on any atom is -0.356 e. The first-order valence-electron chi connectivity index (χ1n) is 5.69. The molecule has 0 radical (unpaired) electrons. The fraction of sp³-hybridized carbons (Fsp3) is 0.417. The predicted molar refractivity (Wildman–Crippen MR) is 66.2 cm³/mol. The molecular weight excluding hydrogens is 287 g/mol. The van der Waals surface area contributed by atoms with Gasteiger partial charge in [0.15, 0.2) is 6.23 Å². The molecule has 1 aliphatic rings. The summed E-state index contributed by atoms with van der Waals surface area (Å²) in [5.41, 5.74) is 0.528. The summed E-state index contributed by atoms with van der Waals surface area (Å²) < 4.78 is 22.0. The van der Waals surface area contributed by atoms with Crippen LogP contribution in [0.3, 0.4) is 0 Å². The lowest BCUT2D eigenvalue weighted by Crippen LogP contribution is -2.19. The van der Waals surface area contributed by atoms with Crippen LogP contribution in [0, 0.1) is 5.82 Å². The van der Waals surface area contributed by atoms with Crippen LogP contribution in [0.2, 0.25) is 0 Å². The van der Waals surface area contributed by atoms with Gasteiger partial charge in [0.2, 0.25) is 0 Å². The zero-order chi connectivity index (χ0) is 11.8. The monoisotopic (exact) mass is 298 g/mol. The van der Waals surface area contributed by atoms with E-state index in [2.05, 4.69) is 21.0 Å². The highest BCUT2D eigenvalue weighted by atomic mass is 79.9. The summed E-state index contributed by atoms with van der Waals surface area (Å²) in [6.07, 6.45) is 4.62. The van der Waals surface area contributed by atoms with Crippen molar-refractivity contribution >= 4 is 26.8 Å². The van der Waals surface area contributed by atoms with Crippen LogP contribution in [-0.4, -0.2) is 16.4 Å². The number of nitrogens with zero attached hydrogens (tertiary/aromatic N) is 2. The number of halogens is 2. The average molecular weight is 299 g/mol. The van der Waals surface area contributed by atoms with E-state index < -0.39 is 0 Å². The largest absolute Gasteiger partial charge is 0.356 e. The second kappa shape index (κ2) is 4.38. The van der Waals surface area contributed by atoms with E-state index >= 15 is 0 Å². The first-order chi connectivity index (χ1) is 8.25. The van der Waals surface area contributed by atoms with Crippen molar-refractivity contribution in [3.8, 4) is 0 Å². The molecule has 0 unspecified atom stereocenters. The third kappa shape index (κ3) is 1.98. The number of hydrogen-bond donors (Lipinski definition) is 0. The smallest absolute Gasteiger partial charge is 0.150 e. The van der Waals surface area contributed by atoms with Gasteiger partial charge in [-0.1, -0.05) is 15.9 Å². The molecular formula is C12H12BrFN2O. The van der Waals surface area contributed by atoms with Crippen LogP contribution >= 0.6 is 15.9 Å². The third-order valence-electron chi connectivity index (χ3n) is 3.04. The Morgan fingerprint density at radius 2 is 2.29 bits per heavy atom. The maximum atomic E-state index is 13.9. The van der Waals surface area contributed by atoms with E-state index in [1.165, 1.54) is 6.07 Å². The molecule has 0 aliphatic carbocycles. The van der Waals surface area contributed by atoms with Crippen molar-refractivity contribution < 1.29 is 9.13 Å². The molecule has 5 heteroatoms. The summed E-state index contributed by atoms with van der Waals surface area (Å²) in [6, 6.07) is 3.33. The molecule has 0 bridgehead atoms. The summed E-state index contributed by atoms with van der Waals surface area (Å²) in [5.74, 6) is -0.263. The van der Waals surface area contributed by atoms with E-state index in [0.717, 1.165) is 35.7 Å². The highest BCUT2D eigenvalue weighted by Gasteiger charge is 2.20. The second-order valence-electron chi connectivity index (χ2n) is 4.24. The maximum absolute atomic E-state index is 13.9. The Labute approximate surface area is 107 Å². The quantitative estimate of drug-likeness (QED) is 0.804. The van der Waals surface area contributed by atoms with Crippen LogP contribution in [0.25, 0.3) is 10.9 Å². The number of hydrogen-bond acceptors (Lipinski definition) is 2. The van der Waals surface area contributed by atoms with Gasteiger partial charge in [-0.15, -0.1) is 0 Å². The van der Waals surface area contributed by atoms with Gasteiger partial charge in [0.25, 0.3) is 0 Å². The normalized spacial score (nSPS) is 20.9. The van der Waals surface area contributed by atoms with Crippen molar-refractivity contribution in [2.24, 2.45) is 0 Å². The fourth-order valence-corrected chi connectivity index (χ4v) is 2.69. The van der Waals surface area contributed by atoms with Crippen LogP contribution < -0.4 is 0 Å². The molecule has 1 aliphatic heterocycles. The lowest BCUT2D eigenvalue weighted by Gasteiger charge is -2.23. The van der Waals surface area contributed by atoms with Gasteiger partial charge in [0.1, 0.15) is 11.3 Å². The van der Waals surface area contributed by atoms with Crippen LogP contribution in [0.5, 0.6) is 0 Å². The standard InChI is InChI=1S/C12H12BrFN2O/c13-9-5-8-7-15-16(12(8)10(14)6-9)11-3-1-2-4-17-11/h5-7,11H,1-4H2/t11-/m0/s1. The topological polar surface area (TPSA) is 27.1 Å². The van der Waals surface area contributed by atoms with Crippen LogP contribution in [0.15, 0.2) is 22.8 Å².